The SMILES string of the molecule is COC(=O)CN1CCN(c2ccc(NC(=O)c3cn[nH]n3)cc2)CC1. The van der Waals surface area contributed by atoms with Crippen LogP contribution >= 0.6 is 0 Å². The van der Waals surface area contributed by atoms with Crippen LogP contribution in [0, 0.1) is 0 Å². The maximum Gasteiger partial charge on any atom is 0.319 e. The van der Waals surface area contributed by atoms with Crippen molar-refractivity contribution in [1.29, 1.82) is 0 Å². The molecule has 3 rings (SSSR count). The third kappa shape index (κ3) is 4.32. The van der Waals surface area contributed by atoms with Gasteiger partial charge in [-0.05, 0) is 24.3 Å². The molecule has 1 aliphatic rings. The smallest absolute Gasteiger partial charge is 0.319 e. The highest BCUT2D eigenvalue weighted by Crippen LogP contribution is 2.19. The van der Waals surface area contributed by atoms with E-state index < -0.39 is 0 Å². The molecule has 2 heterocycles. The number of hydrogen-bond donors (Lipinski definition) is 2. The zero-order valence-corrected chi connectivity index (χ0v) is 13.9. The van der Waals surface area contributed by atoms with Gasteiger partial charge in [0.25, 0.3) is 5.91 Å². The fourth-order valence-corrected chi connectivity index (χ4v) is 2.67. The first-order valence-corrected chi connectivity index (χ1v) is 7.97. The van der Waals surface area contributed by atoms with Crippen molar-refractivity contribution < 1.29 is 14.3 Å². The van der Waals surface area contributed by atoms with E-state index in [4.69, 9.17) is 4.74 Å². The van der Waals surface area contributed by atoms with Crippen molar-refractivity contribution in [2.75, 3.05) is 50.1 Å². The largest absolute Gasteiger partial charge is 0.468 e. The quantitative estimate of drug-likeness (QED) is 0.755. The number of aromatic amines is 1. The zero-order chi connectivity index (χ0) is 17.6. The van der Waals surface area contributed by atoms with E-state index in [1.807, 2.05) is 24.3 Å². The third-order valence-corrected chi connectivity index (χ3v) is 4.09. The number of amides is 1. The van der Waals surface area contributed by atoms with Crippen LogP contribution in [0.5, 0.6) is 0 Å². The summed E-state index contributed by atoms with van der Waals surface area (Å²) in [6.45, 7) is 3.61. The fraction of sp³-hybridized carbons (Fsp3) is 0.375. The van der Waals surface area contributed by atoms with E-state index in [1.54, 1.807) is 0 Å². The topological polar surface area (TPSA) is 103 Å². The molecule has 0 bridgehead atoms. The highest BCUT2D eigenvalue weighted by molar-refractivity contribution is 6.02. The standard InChI is InChI=1S/C16H20N6O3/c1-25-15(23)11-21-6-8-22(9-7-21)13-4-2-12(3-5-13)18-16(24)14-10-17-20-19-14/h2-5,10H,6-9,11H2,1H3,(H,18,24)(H,17,19,20). The Labute approximate surface area is 144 Å². The number of hydrogen-bond acceptors (Lipinski definition) is 7. The molecule has 2 N–H and O–H groups in total. The first-order chi connectivity index (χ1) is 12.2. The van der Waals surface area contributed by atoms with Crippen molar-refractivity contribution in [3.8, 4) is 0 Å². The highest BCUT2D eigenvalue weighted by atomic mass is 16.5. The first-order valence-electron chi connectivity index (χ1n) is 7.97. The molecular formula is C16H20N6O3. The summed E-state index contributed by atoms with van der Waals surface area (Å²) in [6.07, 6.45) is 1.37. The van der Waals surface area contributed by atoms with Gasteiger partial charge < -0.3 is 15.0 Å². The molecule has 1 aromatic heterocycles. The number of ether oxygens (including phenoxy) is 1. The number of rotatable bonds is 5. The summed E-state index contributed by atoms with van der Waals surface area (Å²) in [6, 6.07) is 7.64. The van der Waals surface area contributed by atoms with Gasteiger partial charge in [-0.2, -0.15) is 15.4 Å². The Bertz CT molecular complexity index is 708. The van der Waals surface area contributed by atoms with Crippen molar-refractivity contribution in [1.82, 2.24) is 20.3 Å². The van der Waals surface area contributed by atoms with Crippen molar-refractivity contribution in [3.05, 3.63) is 36.2 Å². The maximum atomic E-state index is 11.9. The molecule has 0 saturated carbocycles. The van der Waals surface area contributed by atoms with E-state index in [2.05, 4.69) is 30.5 Å². The molecule has 1 fully saturated rings. The second-order valence-corrected chi connectivity index (χ2v) is 5.70. The molecule has 2 aromatic rings. The van der Waals surface area contributed by atoms with Crippen molar-refractivity contribution in [2.24, 2.45) is 0 Å². The molecule has 0 aliphatic carbocycles. The average molecular weight is 344 g/mol. The first kappa shape index (κ1) is 16.9. The van der Waals surface area contributed by atoms with Crippen LogP contribution in [0.2, 0.25) is 0 Å². The van der Waals surface area contributed by atoms with E-state index in [-0.39, 0.29) is 17.6 Å². The maximum absolute atomic E-state index is 11.9. The number of aromatic nitrogens is 3. The number of methoxy groups -OCH3 is 1. The molecule has 1 aromatic carbocycles. The summed E-state index contributed by atoms with van der Waals surface area (Å²) >= 11 is 0. The summed E-state index contributed by atoms with van der Waals surface area (Å²) in [5.74, 6) is -0.515. The minimum absolute atomic E-state index is 0.208. The van der Waals surface area contributed by atoms with Crippen molar-refractivity contribution >= 4 is 23.3 Å². The normalized spacial score (nSPS) is 15.0. The van der Waals surface area contributed by atoms with Gasteiger partial charge in [-0.25, -0.2) is 0 Å². The second kappa shape index (κ2) is 7.75. The number of nitrogens with zero attached hydrogens (tertiary/aromatic N) is 4. The van der Waals surface area contributed by atoms with Crippen LogP contribution in [0.1, 0.15) is 10.5 Å². The number of carbonyl (C=O) groups excluding carboxylic acids is 2. The molecule has 1 aliphatic heterocycles. The molecule has 0 radical (unpaired) electrons. The van der Waals surface area contributed by atoms with Crippen LogP contribution in [-0.2, 0) is 9.53 Å². The second-order valence-electron chi connectivity index (χ2n) is 5.70. The number of anilines is 2. The molecule has 1 saturated heterocycles. The molecule has 25 heavy (non-hydrogen) atoms. The summed E-state index contributed by atoms with van der Waals surface area (Å²) in [7, 11) is 1.40. The fourth-order valence-electron chi connectivity index (χ4n) is 2.67. The summed E-state index contributed by atoms with van der Waals surface area (Å²) in [4.78, 5) is 27.6. The Hall–Kier alpha value is -2.94. The van der Waals surface area contributed by atoms with Crippen LogP contribution in [0.25, 0.3) is 0 Å². The zero-order valence-electron chi connectivity index (χ0n) is 13.9. The molecule has 0 unspecified atom stereocenters. The number of esters is 1. The predicted octanol–water partition coefficient (Wildman–Crippen LogP) is 0.352. The molecule has 9 heteroatoms. The van der Waals surface area contributed by atoms with E-state index in [0.717, 1.165) is 31.9 Å². The van der Waals surface area contributed by atoms with Gasteiger partial charge in [-0.1, -0.05) is 0 Å². The lowest BCUT2D eigenvalue weighted by atomic mass is 10.2. The molecule has 9 nitrogen and oxygen atoms in total. The number of carbonyl (C=O) groups is 2. The lowest BCUT2D eigenvalue weighted by Crippen LogP contribution is -2.48. The van der Waals surface area contributed by atoms with E-state index in [0.29, 0.717) is 12.2 Å². The van der Waals surface area contributed by atoms with Crippen LogP contribution in [0.4, 0.5) is 11.4 Å². The lowest BCUT2D eigenvalue weighted by molar-refractivity contribution is -0.142. The Morgan fingerprint density at radius 1 is 1.20 bits per heavy atom. The van der Waals surface area contributed by atoms with Gasteiger partial charge in [0, 0.05) is 37.6 Å². The van der Waals surface area contributed by atoms with Gasteiger partial charge in [-0.15, -0.1) is 0 Å². The van der Waals surface area contributed by atoms with Crippen LogP contribution < -0.4 is 10.2 Å². The Balaban J connectivity index is 1.53. The molecule has 0 spiro atoms. The van der Waals surface area contributed by atoms with Crippen LogP contribution in [-0.4, -0.2) is 72.0 Å². The van der Waals surface area contributed by atoms with E-state index in [9.17, 15) is 9.59 Å². The minimum atomic E-state index is -0.307. The van der Waals surface area contributed by atoms with Gasteiger partial charge in [0.05, 0.1) is 19.9 Å². The summed E-state index contributed by atoms with van der Waals surface area (Å²) < 4.78 is 4.70. The lowest BCUT2D eigenvalue weighted by Gasteiger charge is -2.35. The van der Waals surface area contributed by atoms with Gasteiger partial charge >= 0.3 is 5.97 Å². The Kier molecular flexibility index (Phi) is 5.24. The third-order valence-electron chi connectivity index (χ3n) is 4.09. The predicted molar refractivity (Wildman–Crippen MR) is 91.4 cm³/mol. The van der Waals surface area contributed by atoms with Crippen molar-refractivity contribution in [2.45, 2.75) is 0 Å². The molecule has 1 amide bonds. The molecular weight excluding hydrogens is 324 g/mol. The van der Waals surface area contributed by atoms with Gasteiger partial charge in [0.15, 0.2) is 5.69 Å². The summed E-state index contributed by atoms with van der Waals surface area (Å²) in [5, 5.41) is 12.5. The Morgan fingerprint density at radius 2 is 1.92 bits per heavy atom. The van der Waals surface area contributed by atoms with Crippen LogP contribution in [0.15, 0.2) is 30.5 Å². The monoisotopic (exact) mass is 344 g/mol. The molecule has 132 valence electrons. The van der Waals surface area contributed by atoms with Crippen molar-refractivity contribution in [3.63, 3.8) is 0 Å². The summed E-state index contributed by atoms with van der Waals surface area (Å²) in [5.41, 5.74) is 2.02. The van der Waals surface area contributed by atoms with E-state index >= 15 is 0 Å². The van der Waals surface area contributed by atoms with Gasteiger partial charge in [-0.3, -0.25) is 14.5 Å². The Morgan fingerprint density at radius 3 is 2.52 bits per heavy atom. The average Bonchev–Trinajstić information content (AvgIpc) is 3.18. The van der Waals surface area contributed by atoms with E-state index in [1.165, 1.54) is 13.3 Å². The number of piperazine rings is 1. The van der Waals surface area contributed by atoms with Crippen LogP contribution in [0.3, 0.4) is 0 Å². The number of H-pyrrole nitrogens is 1. The minimum Gasteiger partial charge on any atom is -0.468 e. The number of nitrogens with one attached hydrogen (secondary N) is 2. The number of benzene rings is 1. The van der Waals surface area contributed by atoms with Gasteiger partial charge in [0.2, 0.25) is 0 Å². The highest BCUT2D eigenvalue weighted by Gasteiger charge is 2.19. The molecule has 0 atom stereocenters. The van der Waals surface area contributed by atoms with Gasteiger partial charge in [0.1, 0.15) is 0 Å².